The Bertz CT molecular complexity index is 1270. The molecule has 2 heterocycles. The molecule has 164 valence electrons. The third-order valence-electron chi connectivity index (χ3n) is 6.65. The highest BCUT2D eigenvalue weighted by Crippen LogP contribution is 2.43. The normalized spacial score (nSPS) is 19.9. The van der Waals surface area contributed by atoms with Crippen LogP contribution in [0.15, 0.2) is 53.1 Å². The smallest absolute Gasteiger partial charge is 0.247 e. The molecule has 1 aliphatic carbocycles. The minimum Gasteiger partial charge on any atom is -0.420 e. The van der Waals surface area contributed by atoms with Gasteiger partial charge in [0.05, 0.1) is 10.5 Å². The summed E-state index contributed by atoms with van der Waals surface area (Å²) in [5.41, 5.74) is 2.61. The number of halogens is 3. The van der Waals surface area contributed by atoms with Crippen LogP contribution in [0.5, 0.6) is 0 Å². The van der Waals surface area contributed by atoms with Gasteiger partial charge in [-0.2, -0.15) is 0 Å². The van der Waals surface area contributed by atoms with E-state index in [-0.39, 0.29) is 16.8 Å². The number of fused-ring (bicyclic) bond motifs is 1. The molecule has 0 unspecified atom stereocenters. The summed E-state index contributed by atoms with van der Waals surface area (Å²) in [7, 11) is 0. The maximum Gasteiger partial charge on any atom is 0.247 e. The molecule has 1 fully saturated rings. The molecule has 32 heavy (non-hydrogen) atoms. The second kappa shape index (κ2) is 8.58. The molecule has 1 atom stereocenters. The highest BCUT2D eigenvalue weighted by Gasteiger charge is 2.30. The molecule has 1 aliphatic rings. The zero-order chi connectivity index (χ0) is 22.2. The third kappa shape index (κ3) is 3.99. The number of pyridine rings is 1. The van der Waals surface area contributed by atoms with E-state index >= 15 is 0 Å². The number of nitrogens with zero attached hydrogens (tertiary/aromatic N) is 3. The fourth-order valence-corrected chi connectivity index (χ4v) is 4.97. The number of benzene rings is 2. The Balaban J connectivity index is 1.29. The molecule has 2 aromatic carbocycles. The van der Waals surface area contributed by atoms with Gasteiger partial charge in [0, 0.05) is 23.1 Å². The summed E-state index contributed by atoms with van der Waals surface area (Å²) in [6.07, 6.45) is 5.88. The monoisotopic (exact) mass is 453 g/mol. The van der Waals surface area contributed by atoms with Gasteiger partial charge in [0.2, 0.25) is 11.8 Å². The molecule has 4 nitrogen and oxygen atoms in total. The summed E-state index contributed by atoms with van der Waals surface area (Å²) in [5.74, 6) is 1.12. The van der Waals surface area contributed by atoms with Gasteiger partial charge in [-0.1, -0.05) is 18.5 Å². The molecule has 2 aromatic heterocycles. The standard InChI is InChI=1S/C25H22ClF2N3O/c1-14(24-30-31-25(32-24)17-6-8-22(28)21(26)12-17)15-2-4-16(5-3-15)19-10-11-29-23-9-7-18(27)13-20(19)23/h6-16H,2-5H2,1H3/t14-,15?,16?/m1/s1. The van der Waals surface area contributed by atoms with E-state index in [4.69, 9.17) is 16.0 Å². The van der Waals surface area contributed by atoms with E-state index in [9.17, 15) is 8.78 Å². The molecule has 1 saturated carbocycles. The topological polar surface area (TPSA) is 51.8 Å². The number of hydrogen-bond acceptors (Lipinski definition) is 4. The Morgan fingerprint density at radius 3 is 2.59 bits per heavy atom. The average molecular weight is 454 g/mol. The van der Waals surface area contributed by atoms with Gasteiger partial charge >= 0.3 is 0 Å². The van der Waals surface area contributed by atoms with Crippen molar-refractivity contribution >= 4 is 22.5 Å². The van der Waals surface area contributed by atoms with E-state index in [0.717, 1.165) is 36.6 Å². The third-order valence-corrected chi connectivity index (χ3v) is 6.94. The van der Waals surface area contributed by atoms with Crippen molar-refractivity contribution in [1.82, 2.24) is 15.2 Å². The minimum absolute atomic E-state index is 0.0251. The summed E-state index contributed by atoms with van der Waals surface area (Å²) in [6, 6.07) is 11.2. The predicted molar refractivity (Wildman–Crippen MR) is 120 cm³/mol. The summed E-state index contributed by atoms with van der Waals surface area (Å²) < 4.78 is 33.2. The predicted octanol–water partition coefficient (Wildman–Crippen LogP) is 7.29. The van der Waals surface area contributed by atoms with Crippen molar-refractivity contribution in [3.63, 3.8) is 0 Å². The number of rotatable bonds is 4. The molecular weight excluding hydrogens is 432 g/mol. The van der Waals surface area contributed by atoms with Gasteiger partial charge in [-0.25, -0.2) is 8.78 Å². The lowest BCUT2D eigenvalue weighted by Crippen LogP contribution is -2.18. The van der Waals surface area contributed by atoms with Gasteiger partial charge < -0.3 is 4.42 Å². The Morgan fingerprint density at radius 2 is 1.81 bits per heavy atom. The highest BCUT2D eigenvalue weighted by molar-refractivity contribution is 6.31. The van der Waals surface area contributed by atoms with Crippen LogP contribution in [-0.2, 0) is 0 Å². The molecule has 5 rings (SSSR count). The van der Waals surface area contributed by atoms with Crippen LogP contribution in [0.3, 0.4) is 0 Å². The van der Waals surface area contributed by atoms with Crippen LogP contribution >= 0.6 is 11.6 Å². The van der Waals surface area contributed by atoms with Gasteiger partial charge in [0.25, 0.3) is 0 Å². The van der Waals surface area contributed by atoms with Crippen LogP contribution in [0.2, 0.25) is 5.02 Å². The molecule has 0 bridgehead atoms. The first kappa shape index (κ1) is 21.0. The first-order valence-corrected chi connectivity index (χ1v) is 11.2. The first-order chi connectivity index (χ1) is 15.5. The van der Waals surface area contributed by atoms with Crippen LogP contribution in [0.25, 0.3) is 22.4 Å². The van der Waals surface area contributed by atoms with Gasteiger partial charge in [-0.15, -0.1) is 10.2 Å². The van der Waals surface area contributed by atoms with Crippen LogP contribution in [0.1, 0.15) is 55.9 Å². The zero-order valence-corrected chi connectivity index (χ0v) is 18.3. The van der Waals surface area contributed by atoms with Gasteiger partial charge in [-0.3, -0.25) is 4.98 Å². The second-order valence-corrected chi connectivity index (χ2v) is 8.94. The molecule has 0 N–H and O–H groups in total. The largest absolute Gasteiger partial charge is 0.420 e. The molecule has 0 spiro atoms. The van der Waals surface area contributed by atoms with Crippen LogP contribution in [0.4, 0.5) is 8.78 Å². The minimum atomic E-state index is -0.481. The fourth-order valence-electron chi connectivity index (χ4n) is 4.79. The van der Waals surface area contributed by atoms with Gasteiger partial charge in [0.15, 0.2) is 0 Å². The first-order valence-electron chi connectivity index (χ1n) is 10.8. The molecule has 0 amide bonds. The van der Waals surface area contributed by atoms with Crippen molar-refractivity contribution in [2.45, 2.75) is 44.4 Å². The van der Waals surface area contributed by atoms with Crippen molar-refractivity contribution < 1.29 is 13.2 Å². The van der Waals surface area contributed by atoms with Crippen molar-refractivity contribution in [1.29, 1.82) is 0 Å². The molecule has 7 heteroatoms. The van der Waals surface area contributed by atoms with Crippen molar-refractivity contribution in [2.75, 3.05) is 0 Å². The number of aromatic nitrogens is 3. The van der Waals surface area contributed by atoms with E-state index in [2.05, 4.69) is 22.1 Å². The summed E-state index contributed by atoms with van der Waals surface area (Å²) in [4.78, 5) is 4.37. The molecule has 0 aliphatic heterocycles. The van der Waals surface area contributed by atoms with E-state index in [1.807, 2.05) is 12.3 Å². The Labute approximate surface area is 189 Å². The van der Waals surface area contributed by atoms with Gasteiger partial charge in [0.1, 0.15) is 11.6 Å². The van der Waals surface area contributed by atoms with Crippen molar-refractivity contribution in [3.05, 3.63) is 76.8 Å². The van der Waals surface area contributed by atoms with E-state index in [1.165, 1.54) is 23.8 Å². The number of hydrogen-bond donors (Lipinski definition) is 0. The van der Waals surface area contributed by atoms with Crippen LogP contribution < -0.4 is 0 Å². The van der Waals surface area contributed by atoms with E-state index in [1.54, 1.807) is 18.2 Å². The lowest BCUT2D eigenvalue weighted by atomic mass is 9.74. The maximum atomic E-state index is 13.8. The molecule has 0 saturated heterocycles. The lowest BCUT2D eigenvalue weighted by molar-refractivity contribution is 0.266. The van der Waals surface area contributed by atoms with Gasteiger partial charge in [-0.05, 0) is 85.5 Å². The molecular formula is C25H22ClF2N3O. The maximum absolute atomic E-state index is 13.8. The van der Waals surface area contributed by atoms with E-state index in [0.29, 0.717) is 29.2 Å². The molecule has 4 aromatic rings. The Kier molecular flexibility index (Phi) is 5.64. The molecule has 0 radical (unpaired) electrons. The van der Waals surface area contributed by atoms with Crippen LogP contribution in [-0.4, -0.2) is 15.2 Å². The second-order valence-electron chi connectivity index (χ2n) is 8.54. The Morgan fingerprint density at radius 1 is 1.00 bits per heavy atom. The highest BCUT2D eigenvalue weighted by atomic mass is 35.5. The summed E-state index contributed by atoms with van der Waals surface area (Å²) in [5, 5.41) is 9.31. The quantitative estimate of drug-likeness (QED) is 0.325. The Hall–Kier alpha value is -2.86. The van der Waals surface area contributed by atoms with Crippen molar-refractivity contribution in [3.8, 4) is 11.5 Å². The fraction of sp³-hybridized carbons (Fsp3) is 0.320. The van der Waals surface area contributed by atoms with E-state index < -0.39 is 5.82 Å². The summed E-state index contributed by atoms with van der Waals surface area (Å²) in [6.45, 7) is 2.11. The van der Waals surface area contributed by atoms with Crippen LogP contribution in [0, 0.1) is 17.6 Å². The average Bonchev–Trinajstić information content (AvgIpc) is 3.30. The SMILES string of the molecule is C[C@@H](c1nnc(-c2ccc(F)c(Cl)c2)o1)C1CCC(c2ccnc3ccc(F)cc23)CC1. The lowest BCUT2D eigenvalue weighted by Gasteiger charge is -2.31. The zero-order valence-electron chi connectivity index (χ0n) is 17.6. The van der Waals surface area contributed by atoms with Crippen molar-refractivity contribution in [2.24, 2.45) is 5.92 Å². The summed E-state index contributed by atoms with van der Waals surface area (Å²) >= 11 is 5.87.